The highest BCUT2D eigenvalue weighted by Gasteiger charge is 2.43. The predicted molar refractivity (Wildman–Crippen MR) is 62.7 cm³/mol. The lowest BCUT2D eigenvalue weighted by atomic mass is 9.69. The Labute approximate surface area is 93.7 Å². The van der Waals surface area contributed by atoms with Crippen LogP contribution in [-0.4, -0.2) is 35.7 Å². The minimum absolute atomic E-state index is 0.372. The maximum Gasteiger partial charge on any atom is 0.0814 e. The first kappa shape index (κ1) is 11.4. The van der Waals surface area contributed by atoms with E-state index in [0.717, 1.165) is 31.3 Å². The van der Waals surface area contributed by atoms with E-state index in [-0.39, 0.29) is 5.60 Å². The molecule has 1 saturated carbocycles. The Hall–Kier alpha value is -0.0800. The van der Waals surface area contributed by atoms with Crippen LogP contribution in [0.3, 0.4) is 0 Å². The van der Waals surface area contributed by atoms with Gasteiger partial charge >= 0.3 is 0 Å². The Morgan fingerprint density at radius 1 is 1.20 bits per heavy atom. The van der Waals surface area contributed by atoms with Gasteiger partial charge in [-0.15, -0.1) is 0 Å². The molecule has 88 valence electrons. The van der Waals surface area contributed by atoms with Crippen LogP contribution in [0.4, 0.5) is 0 Å². The van der Waals surface area contributed by atoms with E-state index in [1.807, 2.05) is 0 Å². The van der Waals surface area contributed by atoms with Crippen molar-refractivity contribution < 1.29 is 5.11 Å². The molecule has 2 fully saturated rings. The lowest BCUT2D eigenvalue weighted by molar-refractivity contribution is -0.0367. The Morgan fingerprint density at radius 2 is 1.93 bits per heavy atom. The summed E-state index contributed by atoms with van der Waals surface area (Å²) in [6.45, 7) is 6.65. The lowest BCUT2D eigenvalue weighted by Gasteiger charge is -2.40. The van der Waals surface area contributed by atoms with Crippen LogP contribution < -0.4 is 0 Å². The van der Waals surface area contributed by atoms with Gasteiger partial charge in [-0.25, -0.2) is 0 Å². The Morgan fingerprint density at radius 3 is 2.47 bits per heavy atom. The summed E-state index contributed by atoms with van der Waals surface area (Å²) in [6.07, 6.45) is 4.74. The van der Waals surface area contributed by atoms with Crippen LogP contribution in [0.2, 0.25) is 0 Å². The van der Waals surface area contributed by atoms with Gasteiger partial charge in [0.05, 0.1) is 5.60 Å². The number of likely N-dealkylation sites (N-methyl/N-ethyl adjacent to an activating group) is 1. The molecule has 4 unspecified atom stereocenters. The minimum Gasteiger partial charge on any atom is -0.388 e. The summed E-state index contributed by atoms with van der Waals surface area (Å²) >= 11 is 0. The van der Waals surface area contributed by atoms with Gasteiger partial charge < -0.3 is 10.0 Å². The fourth-order valence-corrected chi connectivity index (χ4v) is 3.38. The first-order valence-electron chi connectivity index (χ1n) is 6.42. The van der Waals surface area contributed by atoms with Crippen LogP contribution in [0, 0.1) is 17.8 Å². The summed E-state index contributed by atoms with van der Waals surface area (Å²) < 4.78 is 0. The number of β-amino-alcohol motifs (C(OH)–C–C–N with tert-alkyl or cyclic N) is 1. The molecule has 2 aliphatic rings. The number of aliphatic hydroxyl groups is 1. The van der Waals surface area contributed by atoms with Crippen LogP contribution in [0.15, 0.2) is 0 Å². The molecular formula is C13H25NO. The van der Waals surface area contributed by atoms with E-state index in [1.165, 1.54) is 19.3 Å². The van der Waals surface area contributed by atoms with Crippen molar-refractivity contribution in [1.29, 1.82) is 0 Å². The maximum absolute atomic E-state index is 10.6. The number of hydrogen-bond donors (Lipinski definition) is 1. The van der Waals surface area contributed by atoms with Crippen LogP contribution in [-0.2, 0) is 0 Å². The summed E-state index contributed by atoms with van der Waals surface area (Å²) in [6, 6.07) is 0. The van der Waals surface area contributed by atoms with E-state index < -0.39 is 0 Å². The van der Waals surface area contributed by atoms with Gasteiger partial charge in [0.1, 0.15) is 0 Å². The molecule has 1 aliphatic heterocycles. The van der Waals surface area contributed by atoms with E-state index in [4.69, 9.17) is 0 Å². The summed E-state index contributed by atoms with van der Waals surface area (Å²) in [5.41, 5.74) is -0.372. The monoisotopic (exact) mass is 211 g/mol. The smallest absolute Gasteiger partial charge is 0.0814 e. The first-order valence-corrected chi connectivity index (χ1v) is 6.42. The average molecular weight is 211 g/mol. The lowest BCUT2D eigenvalue weighted by Crippen LogP contribution is -2.43. The molecule has 0 aromatic rings. The van der Waals surface area contributed by atoms with Gasteiger partial charge in [0, 0.05) is 13.1 Å². The molecule has 0 aromatic heterocycles. The van der Waals surface area contributed by atoms with E-state index >= 15 is 0 Å². The Bertz CT molecular complexity index is 231. The molecule has 0 aromatic carbocycles. The Balaban J connectivity index is 1.99. The fourth-order valence-electron chi connectivity index (χ4n) is 3.38. The summed E-state index contributed by atoms with van der Waals surface area (Å²) in [4.78, 5) is 2.27. The highest BCUT2D eigenvalue weighted by molar-refractivity contribution is 4.96. The quantitative estimate of drug-likeness (QED) is 0.718. The summed E-state index contributed by atoms with van der Waals surface area (Å²) in [5.74, 6) is 2.19. The van der Waals surface area contributed by atoms with Crippen LogP contribution >= 0.6 is 0 Å². The topological polar surface area (TPSA) is 23.5 Å². The van der Waals surface area contributed by atoms with Gasteiger partial charge in [0.25, 0.3) is 0 Å². The van der Waals surface area contributed by atoms with Crippen molar-refractivity contribution in [2.45, 2.75) is 45.1 Å². The van der Waals surface area contributed by atoms with Crippen LogP contribution in [0.1, 0.15) is 39.5 Å². The zero-order valence-corrected chi connectivity index (χ0v) is 10.4. The fraction of sp³-hybridized carbons (Fsp3) is 1.00. The zero-order chi connectivity index (χ0) is 11.1. The Kier molecular flexibility index (Phi) is 3.09. The van der Waals surface area contributed by atoms with Crippen LogP contribution in [0.5, 0.6) is 0 Å². The van der Waals surface area contributed by atoms with E-state index in [0.29, 0.717) is 5.92 Å². The molecule has 0 bridgehead atoms. The van der Waals surface area contributed by atoms with Crippen LogP contribution in [0.25, 0.3) is 0 Å². The SMILES string of the molecule is CC1CCC(C2(O)CCN(C)C2)CC1C. The molecule has 2 nitrogen and oxygen atoms in total. The third kappa shape index (κ3) is 2.21. The second kappa shape index (κ2) is 4.06. The second-order valence-electron chi connectivity index (χ2n) is 6.06. The standard InChI is InChI=1S/C13H25NO/c1-10-4-5-12(8-11(10)2)13(15)6-7-14(3)9-13/h10-12,15H,4-9H2,1-3H3. The molecule has 2 rings (SSSR count). The molecule has 4 atom stereocenters. The van der Waals surface area contributed by atoms with Gasteiger partial charge in [-0.1, -0.05) is 20.3 Å². The zero-order valence-electron chi connectivity index (χ0n) is 10.4. The molecule has 1 heterocycles. The third-order valence-corrected chi connectivity index (χ3v) is 4.83. The van der Waals surface area contributed by atoms with Gasteiger partial charge in [-0.3, -0.25) is 0 Å². The molecule has 1 aliphatic carbocycles. The molecule has 0 amide bonds. The highest BCUT2D eigenvalue weighted by atomic mass is 16.3. The molecule has 15 heavy (non-hydrogen) atoms. The van der Waals surface area contributed by atoms with Crippen molar-refractivity contribution in [3.8, 4) is 0 Å². The summed E-state index contributed by atoms with van der Waals surface area (Å²) in [5, 5.41) is 10.6. The average Bonchev–Trinajstić information content (AvgIpc) is 2.52. The number of likely N-dealkylation sites (tertiary alicyclic amines) is 1. The van der Waals surface area contributed by atoms with E-state index in [2.05, 4.69) is 25.8 Å². The van der Waals surface area contributed by atoms with Gasteiger partial charge in [-0.05, 0) is 44.1 Å². The molecular weight excluding hydrogens is 186 g/mol. The minimum atomic E-state index is -0.372. The molecule has 1 saturated heterocycles. The van der Waals surface area contributed by atoms with Crippen molar-refractivity contribution in [3.05, 3.63) is 0 Å². The molecule has 0 spiro atoms. The largest absolute Gasteiger partial charge is 0.388 e. The summed E-state index contributed by atoms with van der Waals surface area (Å²) in [7, 11) is 2.12. The van der Waals surface area contributed by atoms with Crippen molar-refractivity contribution in [2.75, 3.05) is 20.1 Å². The number of hydrogen-bond acceptors (Lipinski definition) is 2. The molecule has 1 N–H and O–H groups in total. The predicted octanol–water partition coefficient (Wildman–Crippen LogP) is 2.13. The maximum atomic E-state index is 10.6. The van der Waals surface area contributed by atoms with Crippen molar-refractivity contribution in [2.24, 2.45) is 17.8 Å². The third-order valence-electron chi connectivity index (χ3n) is 4.83. The molecule has 0 radical (unpaired) electrons. The second-order valence-corrected chi connectivity index (χ2v) is 6.06. The highest BCUT2D eigenvalue weighted by Crippen LogP contribution is 2.42. The molecule has 2 heteroatoms. The van der Waals surface area contributed by atoms with Crippen molar-refractivity contribution >= 4 is 0 Å². The van der Waals surface area contributed by atoms with Crippen molar-refractivity contribution in [3.63, 3.8) is 0 Å². The van der Waals surface area contributed by atoms with Gasteiger partial charge in [0.2, 0.25) is 0 Å². The van der Waals surface area contributed by atoms with E-state index in [9.17, 15) is 5.11 Å². The number of rotatable bonds is 1. The normalized spacial score (nSPS) is 48.4. The first-order chi connectivity index (χ1) is 7.01. The van der Waals surface area contributed by atoms with Gasteiger partial charge in [-0.2, -0.15) is 0 Å². The van der Waals surface area contributed by atoms with Crippen molar-refractivity contribution in [1.82, 2.24) is 4.90 Å². The number of nitrogens with zero attached hydrogens (tertiary/aromatic N) is 1. The van der Waals surface area contributed by atoms with E-state index in [1.54, 1.807) is 0 Å². The van der Waals surface area contributed by atoms with Gasteiger partial charge in [0.15, 0.2) is 0 Å².